The number of methoxy groups -OCH3 is 1. The van der Waals surface area contributed by atoms with Crippen LogP contribution in [0.4, 0.5) is 10.5 Å². The Kier molecular flexibility index (Phi) is 5.97. The number of hydrogen-bond donors (Lipinski definition) is 3. The molecular weight excluding hydrogens is 300 g/mol. The van der Waals surface area contributed by atoms with E-state index in [-0.39, 0.29) is 6.42 Å². The highest BCUT2D eigenvalue weighted by Crippen LogP contribution is 2.09. The fourth-order valence-corrected chi connectivity index (χ4v) is 2.69. The third kappa shape index (κ3) is 6.13. The molecule has 0 unspecified atom stereocenters. The second kappa shape index (κ2) is 7.48. The molecule has 0 spiro atoms. The van der Waals surface area contributed by atoms with Crippen LogP contribution in [0.1, 0.15) is 6.42 Å². The molecule has 0 aromatic heterocycles. The van der Waals surface area contributed by atoms with Crippen LogP contribution < -0.4 is 10.0 Å². The molecule has 0 aliphatic heterocycles. The van der Waals surface area contributed by atoms with E-state index in [2.05, 4.69) is 9.46 Å². The van der Waals surface area contributed by atoms with E-state index in [4.69, 9.17) is 5.11 Å². The Balaban J connectivity index is 2.65. The maximum absolute atomic E-state index is 11.9. The van der Waals surface area contributed by atoms with Gasteiger partial charge in [-0.15, -0.1) is 0 Å². The minimum Gasteiger partial charge on any atom is -0.467 e. The first-order chi connectivity index (χ1) is 9.84. The SMILES string of the molecule is COC(=O)[C@H](CCS(=O)(=O)Nc1ccccc1)NC(=O)O. The van der Waals surface area contributed by atoms with E-state index in [1.165, 1.54) is 0 Å². The first-order valence-corrected chi connectivity index (χ1v) is 7.62. The number of esters is 1. The summed E-state index contributed by atoms with van der Waals surface area (Å²) in [6.45, 7) is 0. The number of carboxylic acid groups (broad SMARTS) is 1. The van der Waals surface area contributed by atoms with E-state index in [9.17, 15) is 18.0 Å². The number of anilines is 1. The average Bonchev–Trinajstić information content (AvgIpc) is 2.43. The van der Waals surface area contributed by atoms with Crippen LogP contribution in [0.25, 0.3) is 0 Å². The van der Waals surface area contributed by atoms with Crippen molar-refractivity contribution in [2.75, 3.05) is 17.6 Å². The van der Waals surface area contributed by atoms with Crippen LogP contribution in [0.15, 0.2) is 30.3 Å². The van der Waals surface area contributed by atoms with Crippen molar-refractivity contribution in [2.24, 2.45) is 0 Å². The standard InChI is InChI=1S/C12H16N2O6S/c1-20-11(15)10(13-12(16)17)7-8-21(18,19)14-9-5-3-2-4-6-9/h2-6,10,13-14H,7-8H2,1H3,(H,16,17)/t10-/m0/s1. The predicted octanol–water partition coefficient (Wildman–Crippen LogP) is 0.628. The number of nitrogens with one attached hydrogen (secondary N) is 2. The van der Waals surface area contributed by atoms with Gasteiger partial charge in [0.25, 0.3) is 0 Å². The van der Waals surface area contributed by atoms with Gasteiger partial charge in [0.1, 0.15) is 6.04 Å². The maximum atomic E-state index is 11.9. The number of sulfonamides is 1. The lowest BCUT2D eigenvalue weighted by Crippen LogP contribution is -2.42. The number of carbonyl (C=O) groups is 2. The minimum atomic E-state index is -3.70. The third-order valence-electron chi connectivity index (χ3n) is 2.51. The zero-order chi connectivity index (χ0) is 15.9. The Hall–Kier alpha value is -2.29. The van der Waals surface area contributed by atoms with Crippen LogP contribution in [-0.4, -0.2) is 44.5 Å². The molecule has 1 rings (SSSR count). The molecule has 0 aliphatic rings. The number of para-hydroxylation sites is 1. The van der Waals surface area contributed by atoms with Gasteiger partial charge in [-0.25, -0.2) is 18.0 Å². The molecular formula is C12H16N2O6S. The molecule has 1 aromatic carbocycles. The van der Waals surface area contributed by atoms with Crippen molar-refractivity contribution >= 4 is 27.8 Å². The van der Waals surface area contributed by atoms with Crippen LogP contribution in [-0.2, 0) is 19.6 Å². The van der Waals surface area contributed by atoms with Crippen LogP contribution in [0, 0.1) is 0 Å². The summed E-state index contributed by atoms with van der Waals surface area (Å²) in [5.74, 6) is -1.27. The average molecular weight is 316 g/mol. The Morgan fingerprint density at radius 3 is 2.43 bits per heavy atom. The number of amides is 1. The molecule has 0 heterocycles. The monoisotopic (exact) mass is 316 g/mol. The van der Waals surface area contributed by atoms with Gasteiger partial charge in [-0.3, -0.25) is 4.72 Å². The summed E-state index contributed by atoms with van der Waals surface area (Å²) < 4.78 is 30.5. The molecule has 0 saturated heterocycles. The highest BCUT2D eigenvalue weighted by atomic mass is 32.2. The molecule has 0 saturated carbocycles. The summed E-state index contributed by atoms with van der Waals surface area (Å²) in [6.07, 6.45) is -1.67. The van der Waals surface area contributed by atoms with Crippen molar-refractivity contribution in [3.63, 3.8) is 0 Å². The first kappa shape index (κ1) is 16.8. The highest BCUT2D eigenvalue weighted by Gasteiger charge is 2.24. The van der Waals surface area contributed by atoms with Crippen molar-refractivity contribution in [3.05, 3.63) is 30.3 Å². The molecule has 0 bridgehead atoms. The molecule has 116 valence electrons. The number of rotatable bonds is 7. The van der Waals surface area contributed by atoms with E-state index in [1.54, 1.807) is 30.3 Å². The molecule has 1 amide bonds. The Morgan fingerprint density at radius 2 is 1.90 bits per heavy atom. The molecule has 8 nitrogen and oxygen atoms in total. The summed E-state index contributed by atoms with van der Waals surface area (Å²) in [7, 11) is -2.61. The zero-order valence-electron chi connectivity index (χ0n) is 11.3. The number of hydrogen-bond acceptors (Lipinski definition) is 5. The van der Waals surface area contributed by atoms with E-state index in [0.29, 0.717) is 5.69 Å². The largest absolute Gasteiger partial charge is 0.467 e. The van der Waals surface area contributed by atoms with Crippen molar-refractivity contribution in [1.29, 1.82) is 0 Å². The van der Waals surface area contributed by atoms with Crippen LogP contribution in [0.5, 0.6) is 0 Å². The summed E-state index contributed by atoms with van der Waals surface area (Å²) in [6, 6.07) is 6.99. The second-order valence-corrected chi connectivity index (χ2v) is 5.94. The maximum Gasteiger partial charge on any atom is 0.405 e. The quantitative estimate of drug-likeness (QED) is 0.634. The van der Waals surface area contributed by atoms with Gasteiger partial charge in [-0.2, -0.15) is 0 Å². The van der Waals surface area contributed by atoms with Crippen LogP contribution in [0.2, 0.25) is 0 Å². The first-order valence-electron chi connectivity index (χ1n) is 5.97. The second-order valence-electron chi connectivity index (χ2n) is 4.10. The lowest BCUT2D eigenvalue weighted by atomic mass is 10.2. The summed E-state index contributed by atoms with van der Waals surface area (Å²) in [5, 5.41) is 10.5. The molecule has 1 aromatic rings. The Bertz CT molecular complexity index is 587. The molecule has 1 atom stereocenters. The topological polar surface area (TPSA) is 122 Å². The smallest absolute Gasteiger partial charge is 0.405 e. The van der Waals surface area contributed by atoms with Gasteiger partial charge < -0.3 is 15.2 Å². The van der Waals surface area contributed by atoms with Crippen molar-refractivity contribution in [3.8, 4) is 0 Å². The van der Waals surface area contributed by atoms with Crippen LogP contribution in [0.3, 0.4) is 0 Å². The van der Waals surface area contributed by atoms with Gasteiger partial charge in [0, 0.05) is 5.69 Å². The van der Waals surface area contributed by atoms with Crippen molar-refractivity contribution < 1.29 is 27.9 Å². The lowest BCUT2D eigenvalue weighted by Gasteiger charge is -2.15. The zero-order valence-corrected chi connectivity index (χ0v) is 12.1. The molecule has 9 heteroatoms. The van der Waals surface area contributed by atoms with Crippen molar-refractivity contribution in [2.45, 2.75) is 12.5 Å². The number of carbonyl (C=O) groups excluding carboxylic acids is 1. The highest BCUT2D eigenvalue weighted by molar-refractivity contribution is 7.92. The molecule has 0 aliphatic carbocycles. The Labute approximate surface area is 122 Å². The normalized spacial score (nSPS) is 12.2. The summed E-state index contributed by atoms with van der Waals surface area (Å²) in [5.41, 5.74) is 0.387. The van der Waals surface area contributed by atoms with E-state index >= 15 is 0 Å². The fourth-order valence-electron chi connectivity index (χ4n) is 1.55. The van der Waals surface area contributed by atoms with Gasteiger partial charge in [-0.05, 0) is 18.6 Å². The fraction of sp³-hybridized carbons (Fsp3) is 0.333. The van der Waals surface area contributed by atoms with Crippen LogP contribution >= 0.6 is 0 Å². The number of ether oxygens (including phenoxy) is 1. The molecule has 3 N–H and O–H groups in total. The number of benzene rings is 1. The summed E-state index contributed by atoms with van der Waals surface area (Å²) in [4.78, 5) is 21.9. The molecule has 0 radical (unpaired) electrons. The van der Waals surface area contributed by atoms with Gasteiger partial charge in [0.2, 0.25) is 10.0 Å². The lowest BCUT2D eigenvalue weighted by molar-refractivity contribution is -0.143. The van der Waals surface area contributed by atoms with Gasteiger partial charge in [0.15, 0.2) is 0 Å². The minimum absolute atomic E-state index is 0.235. The van der Waals surface area contributed by atoms with E-state index in [0.717, 1.165) is 7.11 Å². The summed E-state index contributed by atoms with van der Waals surface area (Å²) >= 11 is 0. The third-order valence-corrected chi connectivity index (χ3v) is 3.83. The van der Waals surface area contributed by atoms with Gasteiger partial charge in [0.05, 0.1) is 12.9 Å². The predicted molar refractivity (Wildman–Crippen MR) is 75.4 cm³/mol. The van der Waals surface area contributed by atoms with Gasteiger partial charge >= 0.3 is 12.1 Å². The Morgan fingerprint density at radius 1 is 1.29 bits per heavy atom. The molecule has 0 fully saturated rings. The molecule has 21 heavy (non-hydrogen) atoms. The van der Waals surface area contributed by atoms with Crippen molar-refractivity contribution in [1.82, 2.24) is 5.32 Å². The van der Waals surface area contributed by atoms with E-state index < -0.39 is 33.9 Å². The van der Waals surface area contributed by atoms with Gasteiger partial charge in [-0.1, -0.05) is 18.2 Å². The van der Waals surface area contributed by atoms with E-state index in [1.807, 2.05) is 5.32 Å².